The van der Waals surface area contributed by atoms with Gasteiger partial charge in [0.15, 0.2) is 0 Å². The van der Waals surface area contributed by atoms with E-state index in [1.54, 1.807) is 6.07 Å². The summed E-state index contributed by atoms with van der Waals surface area (Å²) < 4.78 is 2.44. The number of hydrogen-bond acceptors (Lipinski definition) is 5. The lowest BCUT2D eigenvalue weighted by molar-refractivity contribution is -0.121. The van der Waals surface area contributed by atoms with Crippen LogP contribution in [0.4, 0.5) is 0 Å². The van der Waals surface area contributed by atoms with Crippen molar-refractivity contribution in [1.82, 2.24) is 24.9 Å². The van der Waals surface area contributed by atoms with Crippen molar-refractivity contribution in [3.63, 3.8) is 0 Å². The molecule has 0 radical (unpaired) electrons. The summed E-state index contributed by atoms with van der Waals surface area (Å²) >= 11 is 0. The second kappa shape index (κ2) is 6.55. The molecule has 8 heteroatoms. The zero-order valence-electron chi connectivity index (χ0n) is 12.5. The van der Waals surface area contributed by atoms with Gasteiger partial charge in [-0.1, -0.05) is 0 Å². The highest BCUT2D eigenvalue weighted by molar-refractivity contribution is 5.75. The van der Waals surface area contributed by atoms with E-state index in [1.807, 2.05) is 0 Å². The maximum atomic E-state index is 11.8. The first-order chi connectivity index (χ1) is 11.1. The molecule has 0 aliphatic heterocycles. The highest BCUT2D eigenvalue weighted by atomic mass is 16.2. The average molecular weight is 315 g/mol. The van der Waals surface area contributed by atoms with E-state index in [0.717, 1.165) is 23.2 Å². The van der Waals surface area contributed by atoms with Crippen molar-refractivity contribution in [2.75, 3.05) is 6.54 Å². The first-order valence-electron chi connectivity index (χ1n) is 7.50. The lowest BCUT2D eigenvalue weighted by Crippen LogP contribution is -2.36. The van der Waals surface area contributed by atoms with Gasteiger partial charge in [-0.3, -0.25) is 14.4 Å². The van der Waals surface area contributed by atoms with E-state index in [4.69, 9.17) is 0 Å². The van der Waals surface area contributed by atoms with Crippen LogP contribution in [0.2, 0.25) is 0 Å². The van der Waals surface area contributed by atoms with Crippen LogP contribution in [0.3, 0.4) is 0 Å². The van der Waals surface area contributed by atoms with E-state index in [2.05, 4.69) is 15.5 Å². The standard InChI is InChI=1S/C15H17N5O3/c21-13(10-20-14(22)2-1-7-17-20)16-8-9-19-15(23)6-5-12(18-19)11-3-4-11/h1-2,5-7,11H,3-4,8-10H2,(H,16,21). The van der Waals surface area contributed by atoms with Gasteiger partial charge in [0.05, 0.1) is 12.2 Å². The first kappa shape index (κ1) is 15.1. The van der Waals surface area contributed by atoms with Crippen LogP contribution in [0, 0.1) is 0 Å². The summed E-state index contributed by atoms with van der Waals surface area (Å²) in [7, 11) is 0. The van der Waals surface area contributed by atoms with Crippen LogP contribution in [0.1, 0.15) is 24.5 Å². The van der Waals surface area contributed by atoms with Crippen molar-refractivity contribution in [3.8, 4) is 0 Å². The molecule has 0 unspecified atom stereocenters. The van der Waals surface area contributed by atoms with Gasteiger partial charge in [0.2, 0.25) is 5.91 Å². The lowest BCUT2D eigenvalue weighted by Gasteiger charge is -2.08. The van der Waals surface area contributed by atoms with Crippen molar-refractivity contribution >= 4 is 5.91 Å². The van der Waals surface area contributed by atoms with Gasteiger partial charge in [0, 0.05) is 30.8 Å². The van der Waals surface area contributed by atoms with Gasteiger partial charge in [-0.05, 0) is 25.0 Å². The number of carbonyl (C=O) groups excluding carboxylic acids is 1. The largest absolute Gasteiger partial charge is 0.353 e. The Labute approximate surface area is 131 Å². The Kier molecular flexibility index (Phi) is 4.31. The number of nitrogens with one attached hydrogen (secondary N) is 1. The predicted octanol–water partition coefficient (Wildman–Crippen LogP) is -0.506. The van der Waals surface area contributed by atoms with Crippen molar-refractivity contribution < 1.29 is 4.79 Å². The van der Waals surface area contributed by atoms with Crippen LogP contribution in [0.15, 0.2) is 40.1 Å². The van der Waals surface area contributed by atoms with Crippen LogP contribution >= 0.6 is 0 Å². The SMILES string of the molecule is O=C(Cn1ncccc1=O)NCCn1nc(C2CC2)ccc1=O. The van der Waals surface area contributed by atoms with Gasteiger partial charge in [-0.2, -0.15) is 10.2 Å². The molecule has 1 fully saturated rings. The van der Waals surface area contributed by atoms with Gasteiger partial charge < -0.3 is 5.32 Å². The molecule has 120 valence electrons. The maximum absolute atomic E-state index is 11.8. The summed E-state index contributed by atoms with van der Waals surface area (Å²) in [5.41, 5.74) is 0.401. The summed E-state index contributed by atoms with van der Waals surface area (Å²) in [6, 6.07) is 6.13. The Balaban J connectivity index is 1.54. The molecule has 1 aliphatic carbocycles. The number of aromatic nitrogens is 4. The van der Waals surface area contributed by atoms with Crippen LogP contribution < -0.4 is 16.4 Å². The molecule has 2 aromatic rings. The monoisotopic (exact) mass is 315 g/mol. The van der Waals surface area contributed by atoms with Gasteiger partial charge >= 0.3 is 0 Å². The fourth-order valence-electron chi connectivity index (χ4n) is 2.22. The van der Waals surface area contributed by atoms with Crippen LogP contribution in [0.25, 0.3) is 0 Å². The Bertz CT molecular complexity index is 822. The van der Waals surface area contributed by atoms with E-state index in [0.29, 0.717) is 12.5 Å². The predicted molar refractivity (Wildman–Crippen MR) is 82.0 cm³/mol. The van der Waals surface area contributed by atoms with E-state index in [1.165, 1.54) is 29.1 Å². The third-order valence-electron chi connectivity index (χ3n) is 3.61. The Morgan fingerprint density at radius 3 is 2.70 bits per heavy atom. The molecule has 0 saturated heterocycles. The van der Waals surface area contributed by atoms with Crippen LogP contribution in [-0.4, -0.2) is 32.0 Å². The quantitative estimate of drug-likeness (QED) is 0.774. The minimum Gasteiger partial charge on any atom is -0.353 e. The lowest BCUT2D eigenvalue weighted by atomic mass is 10.3. The first-order valence-corrected chi connectivity index (χ1v) is 7.50. The number of hydrogen-bond donors (Lipinski definition) is 1. The number of rotatable bonds is 6. The normalized spacial score (nSPS) is 13.7. The summed E-state index contributed by atoms with van der Waals surface area (Å²) in [6.07, 6.45) is 3.67. The summed E-state index contributed by atoms with van der Waals surface area (Å²) in [6.45, 7) is 0.411. The molecular formula is C15H17N5O3. The molecule has 8 nitrogen and oxygen atoms in total. The topological polar surface area (TPSA) is 98.9 Å². The van der Waals surface area contributed by atoms with Gasteiger partial charge in [0.1, 0.15) is 6.54 Å². The van der Waals surface area contributed by atoms with E-state index in [-0.39, 0.29) is 30.1 Å². The van der Waals surface area contributed by atoms with E-state index < -0.39 is 0 Å². The van der Waals surface area contributed by atoms with E-state index >= 15 is 0 Å². The molecule has 1 N–H and O–H groups in total. The molecule has 2 aromatic heterocycles. The summed E-state index contributed by atoms with van der Waals surface area (Å²) in [5.74, 6) is 0.129. The number of nitrogens with zero attached hydrogens (tertiary/aromatic N) is 4. The van der Waals surface area contributed by atoms with Crippen LogP contribution in [0.5, 0.6) is 0 Å². The van der Waals surface area contributed by atoms with Crippen molar-refractivity contribution in [3.05, 3.63) is 56.9 Å². The molecule has 1 amide bonds. The molecule has 0 atom stereocenters. The molecular weight excluding hydrogens is 298 g/mol. The number of amides is 1. The Morgan fingerprint density at radius 1 is 1.17 bits per heavy atom. The van der Waals surface area contributed by atoms with E-state index in [9.17, 15) is 14.4 Å². The molecule has 1 aliphatic rings. The zero-order valence-corrected chi connectivity index (χ0v) is 12.5. The average Bonchev–Trinajstić information content (AvgIpc) is 3.36. The zero-order chi connectivity index (χ0) is 16.2. The van der Waals surface area contributed by atoms with Gasteiger partial charge in [0.25, 0.3) is 11.1 Å². The minimum absolute atomic E-state index is 0.149. The minimum atomic E-state index is -0.336. The number of carbonyl (C=O) groups is 1. The fraction of sp³-hybridized carbons (Fsp3) is 0.400. The molecule has 0 bridgehead atoms. The third kappa shape index (κ3) is 3.91. The smallest absolute Gasteiger partial charge is 0.267 e. The summed E-state index contributed by atoms with van der Waals surface area (Å²) in [5, 5.41) is 10.8. The van der Waals surface area contributed by atoms with Crippen molar-refractivity contribution in [2.24, 2.45) is 0 Å². The van der Waals surface area contributed by atoms with Gasteiger partial charge in [-0.25, -0.2) is 9.36 Å². The fourth-order valence-corrected chi connectivity index (χ4v) is 2.22. The second-order valence-corrected chi connectivity index (χ2v) is 5.46. The highest BCUT2D eigenvalue weighted by Gasteiger charge is 2.25. The van der Waals surface area contributed by atoms with Gasteiger partial charge in [-0.15, -0.1) is 0 Å². The van der Waals surface area contributed by atoms with Crippen molar-refractivity contribution in [2.45, 2.75) is 31.8 Å². The highest BCUT2D eigenvalue weighted by Crippen LogP contribution is 2.38. The second-order valence-electron chi connectivity index (χ2n) is 5.46. The molecule has 23 heavy (non-hydrogen) atoms. The summed E-state index contributed by atoms with van der Waals surface area (Å²) in [4.78, 5) is 35.0. The maximum Gasteiger partial charge on any atom is 0.267 e. The van der Waals surface area contributed by atoms with Crippen molar-refractivity contribution in [1.29, 1.82) is 0 Å². The molecule has 0 spiro atoms. The Hall–Kier alpha value is -2.77. The molecule has 0 aromatic carbocycles. The Morgan fingerprint density at radius 2 is 1.96 bits per heavy atom. The van der Waals surface area contributed by atoms with Crippen LogP contribution in [-0.2, 0) is 17.9 Å². The molecule has 1 saturated carbocycles. The molecule has 2 heterocycles. The molecule has 3 rings (SSSR count). The third-order valence-corrected chi connectivity index (χ3v) is 3.61.